The fourth-order valence-electron chi connectivity index (χ4n) is 3.57. The number of methoxy groups -OCH3 is 1. The van der Waals surface area contributed by atoms with Crippen LogP contribution in [0.2, 0.25) is 0 Å². The number of carbonyl (C=O) groups excluding carboxylic acids is 1. The first-order chi connectivity index (χ1) is 11.1. The summed E-state index contributed by atoms with van der Waals surface area (Å²) in [5.41, 5.74) is 0.782. The highest BCUT2D eigenvalue weighted by molar-refractivity contribution is 5.76. The quantitative estimate of drug-likeness (QED) is 0.878. The largest absolute Gasteiger partial charge is 0.497 e. The number of piperidine rings is 1. The molecule has 0 aromatic heterocycles. The highest BCUT2D eigenvalue weighted by Crippen LogP contribution is 2.45. The number of hydrogen-bond donors (Lipinski definition) is 1. The maximum absolute atomic E-state index is 12.4. The van der Waals surface area contributed by atoms with E-state index < -0.39 is 5.60 Å². The molecule has 1 aliphatic carbocycles. The lowest BCUT2D eigenvalue weighted by Gasteiger charge is -2.35. The number of aryl methyl sites for hydroxylation is 1. The molecule has 1 atom stereocenters. The van der Waals surface area contributed by atoms with Gasteiger partial charge in [0.15, 0.2) is 0 Å². The lowest BCUT2D eigenvalue weighted by molar-refractivity contribution is -0.134. The van der Waals surface area contributed by atoms with Gasteiger partial charge >= 0.3 is 0 Å². The molecular formula is C19H27NO3. The molecule has 1 N–H and O–H groups in total. The number of aliphatic hydroxyl groups is 1. The van der Waals surface area contributed by atoms with Gasteiger partial charge in [-0.25, -0.2) is 0 Å². The van der Waals surface area contributed by atoms with Crippen LogP contribution in [0.3, 0.4) is 0 Å². The minimum absolute atomic E-state index is 0.243. The average molecular weight is 317 g/mol. The van der Waals surface area contributed by atoms with Crippen LogP contribution in [-0.4, -0.2) is 41.7 Å². The monoisotopic (exact) mass is 317 g/mol. The molecular weight excluding hydrogens is 290 g/mol. The number of rotatable bonds is 6. The molecule has 2 aliphatic rings. The lowest BCUT2D eigenvalue weighted by Crippen LogP contribution is -2.44. The first-order valence-electron chi connectivity index (χ1n) is 8.74. The summed E-state index contributed by atoms with van der Waals surface area (Å²) in [6.07, 6.45) is 6.29. The fourth-order valence-corrected chi connectivity index (χ4v) is 3.57. The van der Waals surface area contributed by atoms with Crippen molar-refractivity contribution in [3.05, 3.63) is 29.8 Å². The van der Waals surface area contributed by atoms with Crippen LogP contribution in [0.1, 0.15) is 44.1 Å². The zero-order valence-electron chi connectivity index (χ0n) is 14.0. The van der Waals surface area contributed by atoms with Gasteiger partial charge in [0, 0.05) is 25.4 Å². The van der Waals surface area contributed by atoms with Crippen molar-refractivity contribution in [3.8, 4) is 5.75 Å². The molecule has 1 saturated heterocycles. The summed E-state index contributed by atoms with van der Waals surface area (Å²) in [5, 5.41) is 10.3. The van der Waals surface area contributed by atoms with E-state index >= 15 is 0 Å². The maximum atomic E-state index is 12.4. The first-order valence-corrected chi connectivity index (χ1v) is 8.74. The van der Waals surface area contributed by atoms with Crippen LogP contribution >= 0.6 is 0 Å². The van der Waals surface area contributed by atoms with Gasteiger partial charge in [-0.1, -0.05) is 12.1 Å². The van der Waals surface area contributed by atoms with E-state index in [1.165, 1.54) is 5.56 Å². The summed E-state index contributed by atoms with van der Waals surface area (Å²) in [5.74, 6) is 1.40. The van der Waals surface area contributed by atoms with E-state index in [1.54, 1.807) is 7.11 Å². The van der Waals surface area contributed by atoms with Crippen LogP contribution in [0.4, 0.5) is 0 Å². The third kappa shape index (κ3) is 4.05. The third-order valence-electron chi connectivity index (χ3n) is 5.31. The van der Waals surface area contributed by atoms with Gasteiger partial charge in [-0.3, -0.25) is 4.79 Å². The predicted octanol–water partition coefficient (Wildman–Crippen LogP) is 2.78. The Kier molecular flexibility index (Phi) is 4.90. The molecule has 1 saturated carbocycles. The molecule has 1 heterocycles. The smallest absolute Gasteiger partial charge is 0.222 e. The molecule has 1 aromatic rings. The number of ether oxygens (including phenoxy) is 1. The van der Waals surface area contributed by atoms with Crippen molar-refractivity contribution in [1.82, 2.24) is 4.90 Å². The molecule has 0 spiro atoms. The summed E-state index contributed by atoms with van der Waals surface area (Å²) in [6, 6.07) is 8.04. The predicted molar refractivity (Wildman–Crippen MR) is 89.4 cm³/mol. The fraction of sp³-hybridized carbons (Fsp3) is 0.632. The Morgan fingerprint density at radius 3 is 2.74 bits per heavy atom. The molecule has 1 aromatic carbocycles. The summed E-state index contributed by atoms with van der Waals surface area (Å²) in [7, 11) is 1.66. The topological polar surface area (TPSA) is 49.8 Å². The number of nitrogens with zero attached hydrogens (tertiary/aromatic N) is 1. The summed E-state index contributed by atoms with van der Waals surface area (Å²) in [4.78, 5) is 14.4. The Hall–Kier alpha value is -1.55. The normalized spacial score (nSPS) is 22.7. The van der Waals surface area contributed by atoms with Crippen LogP contribution < -0.4 is 4.74 Å². The lowest BCUT2D eigenvalue weighted by atomic mass is 9.90. The van der Waals surface area contributed by atoms with Gasteiger partial charge in [0.1, 0.15) is 5.75 Å². The van der Waals surface area contributed by atoms with Gasteiger partial charge in [-0.2, -0.15) is 0 Å². The van der Waals surface area contributed by atoms with Crippen molar-refractivity contribution in [2.24, 2.45) is 5.92 Å². The number of likely N-dealkylation sites (tertiary alicyclic amines) is 1. The van der Waals surface area contributed by atoms with Crippen LogP contribution in [0, 0.1) is 5.92 Å². The van der Waals surface area contributed by atoms with E-state index in [9.17, 15) is 9.90 Å². The van der Waals surface area contributed by atoms with Crippen LogP contribution in [0.25, 0.3) is 0 Å². The second-order valence-corrected chi connectivity index (χ2v) is 6.98. The van der Waals surface area contributed by atoms with E-state index in [0.717, 1.165) is 57.4 Å². The number of amides is 1. The third-order valence-corrected chi connectivity index (χ3v) is 5.31. The Labute approximate surface area is 138 Å². The molecule has 3 rings (SSSR count). The first kappa shape index (κ1) is 16.3. The van der Waals surface area contributed by atoms with E-state index in [1.807, 2.05) is 17.0 Å². The second kappa shape index (κ2) is 6.91. The molecule has 0 bridgehead atoms. The summed E-state index contributed by atoms with van der Waals surface area (Å²) >= 11 is 0. The average Bonchev–Trinajstić information content (AvgIpc) is 3.34. The zero-order valence-corrected chi connectivity index (χ0v) is 14.0. The molecule has 4 nitrogen and oxygen atoms in total. The van der Waals surface area contributed by atoms with Crippen LogP contribution in [0.5, 0.6) is 5.75 Å². The summed E-state index contributed by atoms with van der Waals surface area (Å²) < 4.78 is 5.15. The Bertz CT molecular complexity index is 536. The molecule has 4 heteroatoms. The number of benzene rings is 1. The molecule has 1 amide bonds. The van der Waals surface area contributed by atoms with E-state index in [-0.39, 0.29) is 5.91 Å². The Morgan fingerprint density at radius 1 is 1.35 bits per heavy atom. The minimum atomic E-state index is -0.456. The number of carbonyl (C=O) groups is 1. The molecule has 0 radical (unpaired) electrons. The molecule has 2 fully saturated rings. The Morgan fingerprint density at radius 2 is 2.09 bits per heavy atom. The minimum Gasteiger partial charge on any atom is -0.497 e. The van der Waals surface area contributed by atoms with Crippen molar-refractivity contribution < 1.29 is 14.6 Å². The molecule has 23 heavy (non-hydrogen) atoms. The second-order valence-electron chi connectivity index (χ2n) is 6.98. The van der Waals surface area contributed by atoms with E-state index in [2.05, 4.69) is 12.1 Å². The van der Waals surface area contributed by atoms with Crippen molar-refractivity contribution in [1.29, 1.82) is 0 Å². The van der Waals surface area contributed by atoms with E-state index in [4.69, 9.17) is 4.74 Å². The maximum Gasteiger partial charge on any atom is 0.222 e. The highest BCUT2D eigenvalue weighted by atomic mass is 16.5. The number of hydrogen-bond acceptors (Lipinski definition) is 3. The summed E-state index contributed by atoms with van der Waals surface area (Å²) in [6.45, 7) is 1.60. The van der Waals surface area contributed by atoms with Crippen LogP contribution in [0.15, 0.2) is 24.3 Å². The van der Waals surface area contributed by atoms with Crippen molar-refractivity contribution in [3.63, 3.8) is 0 Å². The molecule has 126 valence electrons. The van der Waals surface area contributed by atoms with Gasteiger partial charge in [-0.05, 0) is 56.2 Å². The SMILES string of the molecule is COc1ccc(CCCC(=O)N2CCCC(C3(O)CC3)C2)cc1. The van der Waals surface area contributed by atoms with Gasteiger partial charge in [-0.15, -0.1) is 0 Å². The zero-order chi connectivity index (χ0) is 16.3. The van der Waals surface area contributed by atoms with Gasteiger partial charge in [0.25, 0.3) is 0 Å². The van der Waals surface area contributed by atoms with Gasteiger partial charge < -0.3 is 14.7 Å². The standard InChI is InChI=1S/C19H27NO3/c1-23-17-9-7-15(8-10-17)4-2-6-18(21)20-13-3-5-16(14-20)19(22)11-12-19/h7-10,16,22H,2-6,11-14H2,1H3. The van der Waals surface area contributed by atoms with Crippen LogP contribution in [-0.2, 0) is 11.2 Å². The van der Waals surface area contributed by atoms with Gasteiger partial charge in [0.2, 0.25) is 5.91 Å². The highest BCUT2D eigenvalue weighted by Gasteiger charge is 2.48. The van der Waals surface area contributed by atoms with Crippen molar-refractivity contribution in [2.45, 2.75) is 50.5 Å². The van der Waals surface area contributed by atoms with E-state index in [0.29, 0.717) is 12.3 Å². The van der Waals surface area contributed by atoms with Crippen molar-refractivity contribution >= 4 is 5.91 Å². The van der Waals surface area contributed by atoms with Gasteiger partial charge in [0.05, 0.1) is 12.7 Å². The van der Waals surface area contributed by atoms with Crippen molar-refractivity contribution in [2.75, 3.05) is 20.2 Å². The molecule has 1 unspecified atom stereocenters. The molecule has 1 aliphatic heterocycles. The Balaban J connectivity index is 1.43.